The number of piperidine rings is 1. The average Bonchev–Trinajstić information content (AvgIpc) is 2.60. The smallest absolute Gasteiger partial charge is 0.224 e. The van der Waals surface area contributed by atoms with Crippen LogP contribution in [0.25, 0.3) is 0 Å². The fourth-order valence-corrected chi connectivity index (χ4v) is 4.55. The van der Waals surface area contributed by atoms with Gasteiger partial charge in [-0.05, 0) is 49.9 Å². The molecule has 1 atom stereocenters. The fraction of sp³-hybridized carbons (Fsp3) is 0.667. The molecule has 1 amide bonds. The minimum atomic E-state index is 0.108. The second-order valence-electron chi connectivity index (χ2n) is 7.87. The number of hydrogen-bond donors (Lipinski definition) is 1. The number of nitrogens with zero attached hydrogens (tertiary/aromatic N) is 1. The molecule has 1 aromatic rings. The van der Waals surface area contributed by atoms with Crippen LogP contribution < -0.4 is 5.32 Å². The SMILES string of the molecule is O=C(NC1CCCCCCC1)C1CCCN(Cc2ccc(Cl)c(Cl)c2)C1. The molecule has 3 rings (SSSR count). The monoisotopic (exact) mass is 396 g/mol. The molecular weight excluding hydrogens is 367 g/mol. The predicted octanol–water partition coefficient (Wildman–Crippen LogP) is 5.43. The number of nitrogens with one attached hydrogen (secondary N) is 1. The van der Waals surface area contributed by atoms with Gasteiger partial charge in [0.25, 0.3) is 0 Å². The van der Waals surface area contributed by atoms with Gasteiger partial charge in [0, 0.05) is 19.1 Å². The number of halogens is 2. The number of hydrogen-bond acceptors (Lipinski definition) is 2. The first-order valence-electron chi connectivity index (χ1n) is 10.1. The summed E-state index contributed by atoms with van der Waals surface area (Å²) in [6.07, 6.45) is 10.8. The first-order valence-corrected chi connectivity index (χ1v) is 10.8. The van der Waals surface area contributed by atoms with E-state index >= 15 is 0 Å². The first-order chi connectivity index (χ1) is 12.6. The van der Waals surface area contributed by atoms with Crippen LogP contribution in [-0.4, -0.2) is 29.9 Å². The molecule has 1 saturated carbocycles. The third kappa shape index (κ3) is 5.87. The van der Waals surface area contributed by atoms with E-state index in [1.807, 2.05) is 18.2 Å². The number of benzene rings is 1. The molecule has 1 aliphatic carbocycles. The van der Waals surface area contributed by atoms with Crippen LogP contribution in [0, 0.1) is 5.92 Å². The maximum Gasteiger partial charge on any atom is 0.224 e. The van der Waals surface area contributed by atoms with Crippen LogP contribution in [-0.2, 0) is 11.3 Å². The summed E-state index contributed by atoms with van der Waals surface area (Å²) in [6.45, 7) is 2.69. The van der Waals surface area contributed by atoms with Crippen molar-refractivity contribution in [1.29, 1.82) is 0 Å². The van der Waals surface area contributed by atoms with E-state index in [-0.39, 0.29) is 11.8 Å². The highest BCUT2D eigenvalue weighted by Gasteiger charge is 2.27. The van der Waals surface area contributed by atoms with E-state index in [4.69, 9.17) is 23.2 Å². The maximum atomic E-state index is 12.8. The second-order valence-corrected chi connectivity index (χ2v) is 8.69. The number of carbonyl (C=O) groups is 1. The molecule has 2 aliphatic rings. The van der Waals surface area contributed by atoms with Gasteiger partial charge in [-0.15, -0.1) is 0 Å². The Hall–Kier alpha value is -0.770. The van der Waals surface area contributed by atoms with Gasteiger partial charge in [-0.1, -0.05) is 61.4 Å². The Morgan fingerprint density at radius 3 is 2.46 bits per heavy atom. The van der Waals surface area contributed by atoms with E-state index in [2.05, 4.69) is 10.2 Å². The Kier molecular flexibility index (Phi) is 7.65. The van der Waals surface area contributed by atoms with E-state index in [1.54, 1.807) is 0 Å². The van der Waals surface area contributed by atoms with Crippen LogP contribution in [0.15, 0.2) is 18.2 Å². The van der Waals surface area contributed by atoms with Crippen LogP contribution in [0.4, 0.5) is 0 Å². The van der Waals surface area contributed by atoms with Gasteiger partial charge in [-0.25, -0.2) is 0 Å². The lowest BCUT2D eigenvalue weighted by Crippen LogP contribution is -2.45. The summed E-state index contributed by atoms with van der Waals surface area (Å²) in [5.74, 6) is 0.367. The third-order valence-corrected chi connectivity index (χ3v) is 6.46. The van der Waals surface area contributed by atoms with E-state index in [1.165, 1.54) is 32.1 Å². The van der Waals surface area contributed by atoms with Crippen LogP contribution in [0.5, 0.6) is 0 Å². The molecule has 0 radical (unpaired) electrons. The third-order valence-electron chi connectivity index (χ3n) is 5.72. The van der Waals surface area contributed by atoms with Gasteiger partial charge in [-0.3, -0.25) is 9.69 Å². The summed E-state index contributed by atoms with van der Waals surface area (Å²) in [5.41, 5.74) is 1.15. The minimum Gasteiger partial charge on any atom is -0.353 e. The van der Waals surface area contributed by atoms with Gasteiger partial charge < -0.3 is 5.32 Å². The van der Waals surface area contributed by atoms with Crippen molar-refractivity contribution in [1.82, 2.24) is 10.2 Å². The average molecular weight is 397 g/mol. The molecule has 0 bridgehead atoms. The maximum absolute atomic E-state index is 12.8. The minimum absolute atomic E-state index is 0.108. The molecule has 1 aliphatic heterocycles. The van der Waals surface area contributed by atoms with Crippen molar-refractivity contribution in [2.24, 2.45) is 5.92 Å². The Morgan fingerprint density at radius 2 is 1.73 bits per heavy atom. The summed E-state index contributed by atoms with van der Waals surface area (Å²) >= 11 is 12.1. The predicted molar refractivity (Wildman–Crippen MR) is 109 cm³/mol. The van der Waals surface area contributed by atoms with E-state index < -0.39 is 0 Å². The quantitative estimate of drug-likeness (QED) is 0.734. The molecule has 144 valence electrons. The molecule has 1 aromatic carbocycles. The summed E-state index contributed by atoms with van der Waals surface area (Å²) in [5, 5.41) is 4.54. The van der Waals surface area contributed by atoms with Gasteiger partial charge in [-0.2, -0.15) is 0 Å². The van der Waals surface area contributed by atoms with Crippen molar-refractivity contribution >= 4 is 29.1 Å². The molecule has 2 fully saturated rings. The summed E-state index contributed by atoms with van der Waals surface area (Å²) in [6, 6.07) is 6.18. The normalized spacial score (nSPS) is 23.2. The van der Waals surface area contributed by atoms with Crippen molar-refractivity contribution < 1.29 is 4.79 Å². The van der Waals surface area contributed by atoms with Crippen LogP contribution in [0.2, 0.25) is 10.0 Å². The molecule has 1 heterocycles. The zero-order chi connectivity index (χ0) is 18.4. The molecule has 3 nitrogen and oxygen atoms in total. The second kappa shape index (κ2) is 9.96. The number of rotatable bonds is 4. The van der Waals surface area contributed by atoms with Gasteiger partial charge in [0.05, 0.1) is 16.0 Å². The fourth-order valence-electron chi connectivity index (χ4n) is 4.23. The molecule has 5 heteroatoms. The summed E-state index contributed by atoms with van der Waals surface area (Å²) in [4.78, 5) is 15.2. The number of amides is 1. The molecule has 1 saturated heterocycles. The molecule has 1 unspecified atom stereocenters. The Bertz CT molecular complexity index is 600. The lowest BCUT2D eigenvalue weighted by molar-refractivity contribution is -0.127. The van der Waals surface area contributed by atoms with Gasteiger partial charge in [0.1, 0.15) is 0 Å². The van der Waals surface area contributed by atoms with E-state index in [0.29, 0.717) is 16.1 Å². The van der Waals surface area contributed by atoms with E-state index in [9.17, 15) is 4.79 Å². The van der Waals surface area contributed by atoms with Crippen molar-refractivity contribution in [3.05, 3.63) is 33.8 Å². The lowest BCUT2D eigenvalue weighted by atomic mass is 9.93. The number of carbonyl (C=O) groups excluding carboxylic acids is 1. The van der Waals surface area contributed by atoms with Crippen LogP contribution in [0.3, 0.4) is 0 Å². The number of likely N-dealkylation sites (tertiary alicyclic amines) is 1. The summed E-state index contributed by atoms with van der Waals surface area (Å²) in [7, 11) is 0. The van der Waals surface area contributed by atoms with Gasteiger partial charge in [0.15, 0.2) is 0 Å². The molecule has 26 heavy (non-hydrogen) atoms. The van der Waals surface area contributed by atoms with Crippen molar-refractivity contribution in [2.75, 3.05) is 13.1 Å². The first kappa shape index (κ1) is 20.0. The molecule has 1 N–H and O–H groups in total. The van der Waals surface area contributed by atoms with Gasteiger partial charge in [0.2, 0.25) is 5.91 Å². The Balaban J connectivity index is 1.51. The molecule has 0 aromatic heterocycles. The van der Waals surface area contributed by atoms with Crippen molar-refractivity contribution in [2.45, 2.75) is 70.4 Å². The van der Waals surface area contributed by atoms with E-state index in [0.717, 1.165) is 50.9 Å². The molecule has 0 spiro atoms. The van der Waals surface area contributed by atoms with Gasteiger partial charge >= 0.3 is 0 Å². The summed E-state index contributed by atoms with van der Waals surface area (Å²) < 4.78 is 0. The molecular formula is C21H30Cl2N2O. The topological polar surface area (TPSA) is 32.3 Å². The van der Waals surface area contributed by atoms with Crippen molar-refractivity contribution in [3.63, 3.8) is 0 Å². The standard InChI is InChI=1S/C21H30Cl2N2O/c22-19-11-10-16(13-20(19)23)14-25-12-6-7-17(15-25)21(26)24-18-8-4-2-1-3-5-9-18/h10-11,13,17-18H,1-9,12,14-15H2,(H,24,26). The van der Waals surface area contributed by atoms with Crippen LogP contribution in [0.1, 0.15) is 63.4 Å². The van der Waals surface area contributed by atoms with Crippen molar-refractivity contribution in [3.8, 4) is 0 Å². The Morgan fingerprint density at radius 1 is 1.00 bits per heavy atom. The highest BCUT2D eigenvalue weighted by atomic mass is 35.5. The largest absolute Gasteiger partial charge is 0.353 e. The highest BCUT2D eigenvalue weighted by molar-refractivity contribution is 6.42. The van der Waals surface area contributed by atoms with Crippen LogP contribution >= 0.6 is 23.2 Å². The zero-order valence-corrected chi connectivity index (χ0v) is 17.0. The highest BCUT2D eigenvalue weighted by Crippen LogP contribution is 2.25. The zero-order valence-electron chi connectivity index (χ0n) is 15.5. The Labute approximate surface area is 167 Å². The lowest BCUT2D eigenvalue weighted by Gasteiger charge is -2.33.